The van der Waals surface area contributed by atoms with Crippen molar-refractivity contribution in [3.63, 3.8) is 0 Å². The fourth-order valence-electron chi connectivity index (χ4n) is 6.28. The van der Waals surface area contributed by atoms with E-state index in [9.17, 15) is 24.0 Å². The zero-order valence-electron chi connectivity index (χ0n) is 23.9. The van der Waals surface area contributed by atoms with Gasteiger partial charge in [0, 0.05) is 12.1 Å². The third kappa shape index (κ3) is 5.60. The molecule has 220 valence electrons. The van der Waals surface area contributed by atoms with Crippen molar-refractivity contribution in [2.24, 2.45) is 5.92 Å². The number of ketones is 1. The molecular weight excluding hydrogens is 548 g/mol. The molecule has 3 aromatic carbocycles. The Morgan fingerprint density at radius 3 is 2.42 bits per heavy atom. The summed E-state index contributed by atoms with van der Waals surface area (Å²) >= 11 is 0. The summed E-state index contributed by atoms with van der Waals surface area (Å²) in [4.78, 5) is 67.0. The molecule has 0 aromatic heterocycles. The van der Waals surface area contributed by atoms with E-state index in [1.807, 2.05) is 29.2 Å². The molecule has 3 aromatic rings. The molecule has 0 saturated carbocycles. The second kappa shape index (κ2) is 11.9. The standard InChI is InChI=1S/C34H32N2O7/c1-2-42-34(41)24-7-5-15-35(19-24)29-18-31(38)36(32(29)39)26-12-9-21(10-13-26)33(40)43-20-30(37)23-11-14-28-25(17-23)16-22-6-3-4-8-27(22)28/h3-4,6,8-14,17,24,29H,2,5,7,15-16,18-20H2,1H3. The number of Topliss-reactive ketones (excluding diaryl/α,β-unsaturated/α-hetero) is 1. The Balaban J connectivity index is 1.06. The highest BCUT2D eigenvalue weighted by molar-refractivity contribution is 6.22. The molecule has 2 aliphatic heterocycles. The molecule has 6 rings (SSSR count). The van der Waals surface area contributed by atoms with Gasteiger partial charge < -0.3 is 9.47 Å². The minimum atomic E-state index is -0.677. The number of nitrogens with zero attached hydrogens (tertiary/aromatic N) is 2. The van der Waals surface area contributed by atoms with Crippen molar-refractivity contribution < 1.29 is 33.4 Å². The highest BCUT2D eigenvalue weighted by atomic mass is 16.5. The van der Waals surface area contributed by atoms with Gasteiger partial charge in [-0.15, -0.1) is 0 Å². The third-order valence-corrected chi connectivity index (χ3v) is 8.45. The first-order valence-electron chi connectivity index (χ1n) is 14.6. The van der Waals surface area contributed by atoms with E-state index in [0.717, 1.165) is 28.9 Å². The fraction of sp³-hybridized carbons (Fsp3) is 0.324. The van der Waals surface area contributed by atoms with Crippen molar-refractivity contribution in [2.45, 2.75) is 38.6 Å². The number of piperidine rings is 1. The van der Waals surface area contributed by atoms with Crippen LogP contribution in [0, 0.1) is 5.92 Å². The van der Waals surface area contributed by atoms with E-state index in [1.165, 1.54) is 35.4 Å². The van der Waals surface area contributed by atoms with Crippen LogP contribution in [0.15, 0.2) is 66.7 Å². The first-order chi connectivity index (χ1) is 20.8. The van der Waals surface area contributed by atoms with Crippen LogP contribution in [0.2, 0.25) is 0 Å². The molecule has 9 nitrogen and oxygen atoms in total. The number of amides is 2. The number of benzene rings is 3. The first-order valence-corrected chi connectivity index (χ1v) is 14.6. The van der Waals surface area contributed by atoms with Crippen LogP contribution in [0.3, 0.4) is 0 Å². The number of ether oxygens (including phenoxy) is 2. The van der Waals surface area contributed by atoms with Crippen LogP contribution in [0.4, 0.5) is 5.69 Å². The van der Waals surface area contributed by atoms with E-state index in [4.69, 9.17) is 9.47 Å². The summed E-state index contributed by atoms with van der Waals surface area (Å²) in [6, 6.07) is 19.0. The monoisotopic (exact) mass is 580 g/mol. The number of anilines is 1. The van der Waals surface area contributed by atoms with E-state index in [1.54, 1.807) is 13.0 Å². The molecule has 2 unspecified atom stereocenters. The number of likely N-dealkylation sites (tertiary alicyclic amines) is 1. The lowest BCUT2D eigenvalue weighted by Crippen LogP contribution is -2.48. The molecular formula is C34H32N2O7. The Labute approximate surface area is 249 Å². The highest BCUT2D eigenvalue weighted by Gasteiger charge is 2.44. The molecule has 2 fully saturated rings. The third-order valence-electron chi connectivity index (χ3n) is 8.45. The van der Waals surface area contributed by atoms with Gasteiger partial charge in [-0.25, -0.2) is 9.69 Å². The average Bonchev–Trinajstić information content (AvgIpc) is 3.55. The molecule has 2 saturated heterocycles. The van der Waals surface area contributed by atoms with Crippen LogP contribution in [0.1, 0.15) is 58.0 Å². The Morgan fingerprint density at radius 2 is 1.63 bits per heavy atom. The minimum absolute atomic E-state index is 0.0229. The first kappa shape index (κ1) is 28.5. The van der Waals surface area contributed by atoms with E-state index in [-0.39, 0.29) is 41.5 Å². The Morgan fingerprint density at radius 1 is 0.884 bits per heavy atom. The second-order valence-corrected chi connectivity index (χ2v) is 11.1. The van der Waals surface area contributed by atoms with Crippen LogP contribution in [-0.2, 0) is 30.3 Å². The number of carbonyl (C=O) groups is 5. The van der Waals surface area contributed by atoms with Crippen molar-refractivity contribution >= 4 is 35.2 Å². The predicted molar refractivity (Wildman–Crippen MR) is 158 cm³/mol. The van der Waals surface area contributed by atoms with Gasteiger partial charge in [0.15, 0.2) is 12.4 Å². The van der Waals surface area contributed by atoms with Crippen molar-refractivity contribution in [1.82, 2.24) is 4.90 Å². The highest BCUT2D eigenvalue weighted by Crippen LogP contribution is 2.37. The second-order valence-electron chi connectivity index (χ2n) is 11.1. The number of esters is 2. The molecule has 2 atom stereocenters. The van der Waals surface area contributed by atoms with Gasteiger partial charge >= 0.3 is 11.9 Å². The molecule has 0 bridgehead atoms. The van der Waals surface area contributed by atoms with Gasteiger partial charge in [-0.05, 0) is 85.3 Å². The predicted octanol–water partition coefficient (Wildman–Crippen LogP) is 4.20. The summed E-state index contributed by atoms with van der Waals surface area (Å²) < 4.78 is 10.5. The van der Waals surface area contributed by atoms with E-state index in [2.05, 4.69) is 12.1 Å². The lowest BCUT2D eigenvalue weighted by Gasteiger charge is -2.34. The molecule has 0 radical (unpaired) electrons. The summed E-state index contributed by atoms with van der Waals surface area (Å²) in [5.41, 5.74) is 5.61. The Hall–Kier alpha value is -4.63. The number of hydrogen-bond acceptors (Lipinski definition) is 8. The lowest BCUT2D eigenvalue weighted by atomic mass is 9.96. The van der Waals surface area contributed by atoms with Gasteiger partial charge in [0.05, 0.1) is 36.2 Å². The van der Waals surface area contributed by atoms with Gasteiger partial charge in [0.1, 0.15) is 0 Å². The van der Waals surface area contributed by atoms with Gasteiger partial charge in [-0.2, -0.15) is 0 Å². The number of rotatable bonds is 8. The summed E-state index contributed by atoms with van der Waals surface area (Å²) in [5, 5.41) is 0. The maximum absolute atomic E-state index is 13.3. The quantitative estimate of drug-likeness (QED) is 0.173. The average molecular weight is 581 g/mol. The minimum Gasteiger partial charge on any atom is -0.466 e. The van der Waals surface area contributed by atoms with E-state index in [0.29, 0.717) is 37.4 Å². The zero-order chi connectivity index (χ0) is 30.1. The fourth-order valence-corrected chi connectivity index (χ4v) is 6.28. The van der Waals surface area contributed by atoms with Crippen molar-refractivity contribution in [3.8, 4) is 11.1 Å². The largest absolute Gasteiger partial charge is 0.466 e. The van der Waals surface area contributed by atoms with Gasteiger partial charge in [0.2, 0.25) is 5.91 Å². The zero-order valence-corrected chi connectivity index (χ0v) is 23.9. The number of imide groups is 1. The number of hydrogen-bond donors (Lipinski definition) is 0. The van der Waals surface area contributed by atoms with Crippen LogP contribution in [0.5, 0.6) is 0 Å². The smallest absolute Gasteiger partial charge is 0.338 e. The maximum Gasteiger partial charge on any atom is 0.338 e. The van der Waals surface area contributed by atoms with E-state index < -0.39 is 18.6 Å². The molecule has 1 aliphatic carbocycles. The van der Waals surface area contributed by atoms with Crippen LogP contribution >= 0.6 is 0 Å². The molecule has 9 heteroatoms. The van der Waals surface area contributed by atoms with Gasteiger partial charge in [-0.1, -0.05) is 36.4 Å². The molecule has 3 aliphatic rings. The Bertz CT molecular complexity index is 1610. The van der Waals surface area contributed by atoms with Crippen LogP contribution < -0.4 is 4.90 Å². The molecule has 0 spiro atoms. The van der Waals surface area contributed by atoms with E-state index >= 15 is 0 Å². The van der Waals surface area contributed by atoms with Gasteiger partial charge in [-0.3, -0.25) is 24.1 Å². The number of fused-ring (bicyclic) bond motifs is 3. The van der Waals surface area contributed by atoms with Crippen LogP contribution in [0.25, 0.3) is 11.1 Å². The van der Waals surface area contributed by atoms with Gasteiger partial charge in [0.25, 0.3) is 5.91 Å². The van der Waals surface area contributed by atoms with Crippen molar-refractivity contribution in [3.05, 3.63) is 89.0 Å². The Kier molecular flexibility index (Phi) is 7.90. The normalized spacial score (nSPS) is 19.6. The molecule has 0 N–H and O–H groups in total. The molecule has 43 heavy (non-hydrogen) atoms. The molecule has 2 amide bonds. The summed E-state index contributed by atoms with van der Waals surface area (Å²) in [6.07, 6.45) is 2.21. The molecule has 2 heterocycles. The topological polar surface area (TPSA) is 110 Å². The summed E-state index contributed by atoms with van der Waals surface area (Å²) in [7, 11) is 0. The summed E-state index contributed by atoms with van der Waals surface area (Å²) in [6.45, 7) is 2.65. The van der Waals surface area contributed by atoms with Crippen LogP contribution in [-0.4, -0.2) is 66.8 Å². The lowest BCUT2D eigenvalue weighted by molar-refractivity contribution is -0.150. The number of carbonyl (C=O) groups excluding carboxylic acids is 5. The summed E-state index contributed by atoms with van der Waals surface area (Å²) in [5.74, 6) is -2.26. The SMILES string of the molecule is CCOC(=O)C1CCCN(C2CC(=O)N(c3ccc(C(=O)OCC(=O)c4ccc5c(c4)Cc4ccccc4-5)cc3)C2=O)C1. The van der Waals surface area contributed by atoms with Crippen molar-refractivity contribution in [2.75, 3.05) is 31.2 Å². The maximum atomic E-state index is 13.3. The van der Waals surface area contributed by atoms with Crippen molar-refractivity contribution in [1.29, 1.82) is 0 Å².